The first-order valence-electron chi connectivity index (χ1n) is 8.04. The van der Waals surface area contributed by atoms with E-state index in [1.807, 2.05) is 6.07 Å². The summed E-state index contributed by atoms with van der Waals surface area (Å²) in [5.41, 5.74) is 4.94. The summed E-state index contributed by atoms with van der Waals surface area (Å²) in [6, 6.07) is 31.9. The third-order valence-electron chi connectivity index (χ3n) is 4.57. The third kappa shape index (κ3) is 3.27. The van der Waals surface area contributed by atoms with E-state index < -0.39 is 0 Å². The molecule has 114 valence electrons. The first-order valence-corrected chi connectivity index (χ1v) is 8.04. The summed E-state index contributed by atoms with van der Waals surface area (Å²) in [6.07, 6.45) is 0.894. The molecule has 0 saturated carbocycles. The van der Waals surface area contributed by atoms with Crippen LogP contribution in [0.25, 0.3) is 5.57 Å². The highest BCUT2D eigenvalue weighted by Crippen LogP contribution is 2.39. The van der Waals surface area contributed by atoms with E-state index in [-0.39, 0.29) is 5.41 Å². The van der Waals surface area contributed by atoms with Gasteiger partial charge < -0.3 is 0 Å². The van der Waals surface area contributed by atoms with Gasteiger partial charge in [-0.25, -0.2) is 0 Å². The molecule has 3 aromatic carbocycles. The largest absolute Gasteiger partial charge is 0.0952 e. The summed E-state index contributed by atoms with van der Waals surface area (Å²) >= 11 is 0. The van der Waals surface area contributed by atoms with Crippen LogP contribution in [0.5, 0.6) is 0 Å². The Kier molecular flexibility index (Phi) is 4.43. The highest BCUT2D eigenvalue weighted by molar-refractivity contribution is 5.66. The summed E-state index contributed by atoms with van der Waals surface area (Å²) < 4.78 is 0. The molecule has 0 N–H and O–H groups in total. The molecule has 0 aliphatic heterocycles. The fourth-order valence-corrected chi connectivity index (χ4v) is 3.19. The summed E-state index contributed by atoms with van der Waals surface area (Å²) in [5.74, 6) is 0. The van der Waals surface area contributed by atoms with Crippen molar-refractivity contribution >= 4 is 5.57 Å². The lowest BCUT2D eigenvalue weighted by atomic mass is 9.71. The van der Waals surface area contributed by atoms with Crippen molar-refractivity contribution in [2.45, 2.75) is 18.8 Å². The molecule has 0 heterocycles. The molecule has 0 amide bonds. The predicted molar refractivity (Wildman–Crippen MR) is 99.4 cm³/mol. The number of hydrogen-bond acceptors (Lipinski definition) is 0. The van der Waals surface area contributed by atoms with Crippen LogP contribution in [0, 0.1) is 0 Å². The monoisotopic (exact) mass is 298 g/mol. The summed E-state index contributed by atoms with van der Waals surface area (Å²) in [5, 5.41) is 0. The maximum absolute atomic E-state index is 4.36. The Hall–Kier alpha value is -2.60. The van der Waals surface area contributed by atoms with Gasteiger partial charge in [-0.2, -0.15) is 0 Å². The lowest BCUT2D eigenvalue weighted by Gasteiger charge is -2.32. The van der Waals surface area contributed by atoms with Crippen LogP contribution in [0.2, 0.25) is 0 Å². The quantitative estimate of drug-likeness (QED) is 0.534. The molecular formula is C23H22. The highest BCUT2D eigenvalue weighted by atomic mass is 14.3. The van der Waals surface area contributed by atoms with Crippen molar-refractivity contribution in [1.29, 1.82) is 0 Å². The lowest BCUT2D eigenvalue weighted by Crippen LogP contribution is -2.24. The van der Waals surface area contributed by atoms with Crippen molar-refractivity contribution < 1.29 is 0 Å². The van der Waals surface area contributed by atoms with Crippen molar-refractivity contribution in [2.24, 2.45) is 0 Å². The molecule has 0 radical (unpaired) electrons. The first kappa shape index (κ1) is 15.3. The average molecular weight is 298 g/mol. The summed E-state index contributed by atoms with van der Waals surface area (Å²) in [4.78, 5) is 0. The van der Waals surface area contributed by atoms with E-state index in [4.69, 9.17) is 0 Å². The molecule has 3 rings (SSSR count). The summed E-state index contributed by atoms with van der Waals surface area (Å²) in [6.45, 7) is 6.67. The van der Waals surface area contributed by atoms with Crippen LogP contribution in [0.15, 0.2) is 97.6 Å². The van der Waals surface area contributed by atoms with Crippen molar-refractivity contribution in [3.8, 4) is 0 Å². The number of hydrogen-bond donors (Lipinski definition) is 0. The van der Waals surface area contributed by atoms with Crippen LogP contribution < -0.4 is 0 Å². The zero-order valence-corrected chi connectivity index (χ0v) is 13.6. The van der Waals surface area contributed by atoms with Crippen LogP contribution in [0.3, 0.4) is 0 Å². The molecule has 0 saturated heterocycles. The fourth-order valence-electron chi connectivity index (χ4n) is 3.19. The molecule has 0 nitrogen and oxygen atoms in total. The minimum Gasteiger partial charge on any atom is -0.0952 e. The van der Waals surface area contributed by atoms with Gasteiger partial charge >= 0.3 is 0 Å². The standard InChI is InChI=1S/C23H22/c1-19(20-12-6-3-7-13-20)18-23(2,21-14-8-4-9-15-21)22-16-10-5-11-17-22/h3-17H,1,18H2,2H3. The van der Waals surface area contributed by atoms with Crippen LogP contribution in [0.4, 0.5) is 0 Å². The van der Waals surface area contributed by atoms with Gasteiger partial charge in [0.2, 0.25) is 0 Å². The van der Waals surface area contributed by atoms with E-state index in [0.717, 1.165) is 6.42 Å². The van der Waals surface area contributed by atoms with Crippen LogP contribution in [0.1, 0.15) is 30.0 Å². The minimum atomic E-state index is -0.0879. The Morgan fingerprint density at radius 3 is 1.52 bits per heavy atom. The fraction of sp³-hybridized carbons (Fsp3) is 0.130. The molecule has 0 heteroatoms. The second-order valence-electron chi connectivity index (χ2n) is 6.21. The van der Waals surface area contributed by atoms with Crippen LogP contribution in [-0.4, -0.2) is 0 Å². The summed E-state index contributed by atoms with van der Waals surface area (Å²) in [7, 11) is 0. The van der Waals surface area contributed by atoms with E-state index in [1.54, 1.807) is 0 Å². The van der Waals surface area contributed by atoms with Crippen molar-refractivity contribution in [3.63, 3.8) is 0 Å². The molecule has 3 aromatic rings. The van der Waals surface area contributed by atoms with E-state index >= 15 is 0 Å². The zero-order chi connectivity index (χ0) is 16.1. The second kappa shape index (κ2) is 6.66. The van der Waals surface area contributed by atoms with Crippen molar-refractivity contribution in [3.05, 3.63) is 114 Å². The van der Waals surface area contributed by atoms with Gasteiger partial charge in [-0.3, -0.25) is 0 Å². The molecule has 0 atom stereocenters. The van der Waals surface area contributed by atoms with Crippen LogP contribution >= 0.6 is 0 Å². The van der Waals surface area contributed by atoms with E-state index in [0.29, 0.717) is 0 Å². The smallest absolute Gasteiger partial charge is 0.0215 e. The molecule has 0 spiro atoms. The van der Waals surface area contributed by atoms with Gasteiger partial charge in [0, 0.05) is 5.41 Å². The van der Waals surface area contributed by atoms with E-state index in [2.05, 4.69) is 98.4 Å². The molecule has 0 aliphatic rings. The van der Waals surface area contributed by atoms with Crippen molar-refractivity contribution in [2.75, 3.05) is 0 Å². The SMILES string of the molecule is C=C(CC(C)(c1ccccc1)c1ccccc1)c1ccccc1. The third-order valence-corrected chi connectivity index (χ3v) is 4.57. The Labute approximate surface area is 139 Å². The molecule has 0 bridgehead atoms. The number of rotatable bonds is 5. The molecule has 0 aromatic heterocycles. The maximum atomic E-state index is 4.36. The van der Waals surface area contributed by atoms with Crippen molar-refractivity contribution in [1.82, 2.24) is 0 Å². The Balaban J connectivity index is 2.01. The Bertz CT molecular complexity index is 715. The van der Waals surface area contributed by atoms with E-state index in [9.17, 15) is 0 Å². The van der Waals surface area contributed by atoms with Gasteiger partial charge in [-0.05, 0) is 28.7 Å². The number of benzene rings is 3. The highest BCUT2D eigenvalue weighted by Gasteiger charge is 2.29. The topological polar surface area (TPSA) is 0 Å². The predicted octanol–water partition coefficient (Wildman–Crippen LogP) is 6.10. The molecule has 0 aliphatic carbocycles. The zero-order valence-electron chi connectivity index (χ0n) is 13.6. The van der Waals surface area contributed by atoms with Gasteiger partial charge in [0.25, 0.3) is 0 Å². The van der Waals surface area contributed by atoms with Gasteiger partial charge in [0.05, 0.1) is 0 Å². The Morgan fingerprint density at radius 1 is 0.696 bits per heavy atom. The normalized spacial score (nSPS) is 11.2. The molecule has 23 heavy (non-hydrogen) atoms. The average Bonchev–Trinajstić information content (AvgIpc) is 2.64. The number of allylic oxidation sites excluding steroid dienone is 1. The van der Waals surface area contributed by atoms with Crippen LogP contribution in [-0.2, 0) is 5.41 Å². The van der Waals surface area contributed by atoms with Gasteiger partial charge in [0.1, 0.15) is 0 Å². The van der Waals surface area contributed by atoms with Gasteiger partial charge in [-0.1, -0.05) is 104 Å². The minimum absolute atomic E-state index is 0.0879. The first-order chi connectivity index (χ1) is 11.2. The second-order valence-corrected chi connectivity index (χ2v) is 6.21. The molecule has 0 fully saturated rings. The van der Waals surface area contributed by atoms with E-state index in [1.165, 1.54) is 22.3 Å². The lowest BCUT2D eigenvalue weighted by molar-refractivity contribution is 0.589. The van der Waals surface area contributed by atoms with Gasteiger partial charge in [0.15, 0.2) is 0 Å². The Morgan fingerprint density at radius 2 is 1.09 bits per heavy atom. The molecule has 0 unspecified atom stereocenters. The maximum Gasteiger partial charge on any atom is 0.0215 e. The van der Waals surface area contributed by atoms with Gasteiger partial charge in [-0.15, -0.1) is 0 Å². The molecular weight excluding hydrogens is 276 g/mol.